The Balaban J connectivity index is 1.98. The molecule has 2 aliphatic heterocycles. The van der Waals surface area contributed by atoms with Crippen molar-refractivity contribution < 1.29 is 9.84 Å². The molecular weight excluding hydrogens is 328 g/mol. The number of rotatable bonds is 1. The minimum Gasteiger partial charge on any atom is -0.507 e. The van der Waals surface area contributed by atoms with Crippen LogP contribution in [0.15, 0.2) is 23.0 Å². The van der Waals surface area contributed by atoms with E-state index in [-0.39, 0.29) is 23.3 Å². The van der Waals surface area contributed by atoms with Crippen molar-refractivity contribution in [3.05, 3.63) is 39.2 Å². The summed E-state index contributed by atoms with van der Waals surface area (Å²) in [5.41, 5.74) is 3.92. The molecule has 0 aromatic heterocycles. The quantitative estimate of drug-likeness (QED) is 0.708. The van der Waals surface area contributed by atoms with Gasteiger partial charge in [0.15, 0.2) is 5.43 Å². The SMILES string of the molecule is CC1Nc2c3c(C4CCCCO4)cc(=O)c4ccc(O)c(c4-3)c2=C1C#N. The molecule has 0 spiro atoms. The van der Waals surface area contributed by atoms with E-state index in [1.165, 1.54) is 0 Å². The van der Waals surface area contributed by atoms with E-state index in [0.717, 1.165) is 46.9 Å². The van der Waals surface area contributed by atoms with E-state index in [0.29, 0.717) is 23.0 Å². The van der Waals surface area contributed by atoms with Crippen LogP contribution in [-0.2, 0) is 4.74 Å². The number of phenolic OH excluding ortho intramolecular Hbond substituents is 1. The van der Waals surface area contributed by atoms with Crippen LogP contribution in [0.4, 0.5) is 5.69 Å². The van der Waals surface area contributed by atoms with Gasteiger partial charge in [0, 0.05) is 33.7 Å². The molecule has 2 N–H and O–H groups in total. The molecule has 2 unspecified atom stereocenters. The number of anilines is 1. The summed E-state index contributed by atoms with van der Waals surface area (Å²) in [5.74, 6) is 0.105. The van der Waals surface area contributed by atoms with Crippen LogP contribution < -0.4 is 16.0 Å². The van der Waals surface area contributed by atoms with Crippen LogP contribution in [0.2, 0.25) is 0 Å². The highest BCUT2D eigenvalue weighted by molar-refractivity contribution is 6.12. The van der Waals surface area contributed by atoms with Crippen molar-refractivity contribution in [1.82, 2.24) is 0 Å². The van der Waals surface area contributed by atoms with Gasteiger partial charge in [-0.1, -0.05) is 0 Å². The summed E-state index contributed by atoms with van der Waals surface area (Å²) in [6.45, 7) is 2.63. The average Bonchev–Trinajstić information content (AvgIpc) is 3.14. The molecule has 2 heterocycles. The minimum absolute atomic E-state index is 0.0677. The molecule has 4 aliphatic rings. The third-order valence-corrected chi connectivity index (χ3v) is 5.73. The van der Waals surface area contributed by atoms with Crippen LogP contribution >= 0.6 is 0 Å². The second-order valence-corrected chi connectivity index (χ2v) is 7.22. The predicted octanol–water partition coefficient (Wildman–Crippen LogP) is 2.90. The summed E-state index contributed by atoms with van der Waals surface area (Å²) >= 11 is 0. The van der Waals surface area contributed by atoms with Gasteiger partial charge >= 0.3 is 0 Å². The molecule has 2 atom stereocenters. The van der Waals surface area contributed by atoms with Gasteiger partial charge in [0.25, 0.3) is 0 Å². The highest BCUT2D eigenvalue weighted by Crippen LogP contribution is 2.47. The number of ether oxygens (including phenoxy) is 1. The number of benzene rings is 2. The summed E-state index contributed by atoms with van der Waals surface area (Å²) in [6, 6.07) is 7.06. The summed E-state index contributed by atoms with van der Waals surface area (Å²) < 4.78 is 5.97. The van der Waals surface area contributed by atoms with Crippen LogP contribution in [0.25, 0.3) is 27.5 Å². The van der Waals surface area contributed by atoms with Crippen molar-refractivity contribution in [3.63, 3.8) is 0 Å². The summed E-state index contributed by atoms with van der Waals surface area (Å²) in [6.07, 6.45) is 2.85. The van der Waals surface area contributed by atoms with E-state index >= 15 is 0 Å². The smallest absolute Gasteiger partial charge is 0.186 e. The second kappa shape index (κ2) is 5.33. The van der Waals surface area contributed by atoms with Crippen molar-refractivity contribution in [1.29, 1.82) is 5.26 Å². The zero-order valence-corrected chi connectivity index (χ0v) is 14.4. The van der Waals surface area contributed by atoms with Crippen LogP contribution in [0, 0.1) is 11.3 Å². The first kappa shape index (κ1) is 15.4. The van der Waals surface area contributed by atoms with Gasteiger partial charge in [-0.25, -0.2) is 0 Å². The van der Waals surface area contributed by atoms with Gasteiger partial charge in [0.2, 0.25) is 0 Å². The normalized spacial score (nSPS) is 22.5. The standard InChI is InChI=1S/C21H18N2O3/c1-10-13(9-22)19-20-14(24)6-5-11-15(25)8-12(16-4-2-3-7-26-16)18(17(11)20)21(19)23-10/h5-6,8,10,16,23-24H,2-4,7H2,1H3. The zero-order chi connectivity index (χ0) is 18.0. The molecule has 0 radical (unpaired) electrons. The Morgan fingerprint density at radius 1 is 1.31 bits per heavy atom. The molecule has 0 amide bonds. The van der Waals surface area contributed by atoms with Crippen molar-refractivity contribution in [2.45, 2.75) is 38.3 Å². The van der Waals surface area contributed by atoms with Gasteiger partial charge in [-0.05, 0) is 49.9 Å². The number of nitriles is 1. The predicted molar refractivity (Wildman–Crippen MR) is 99.6 cm³/mol. The summed E-state index contributed by atoms with van der Waals surface area (Å²) in [7, 11) is 0. The minimum atomic E-state index is -0.125. The topological polar surface area (TPSA) is 82.3 Å². The maximum Gasteiger partial charge on any atom is 0.186 e. The fourth-order valence-electron chi connectivity index (χ4n) is 4.58. The molecule has 0 bridgehead atoms. The van der Waals surface area contributed by atoms with Gasteiger partial charge < -0.3 is 15.2 Å². The van der Waals surface area contributed by atoms with Gasteiger partial charge in [-0.2, -0.15) is 5.26 Å². The summed E-state index contributed by atoms with van der Waals surface area (Å²) in [4.78, 5) is 12.8. The number of nitrogens with one attached hydrogen (secondary N) is 1. The Bertz CT molecular complexity index is 1150. The highest BCUT2D eigenvalue weighted by atomic mass is 16.5. The number of fused-ring (bicyclic) bond motifs is 3. The fraction of sp³-hybridized carbons (Fsp3) is 0.333. The van der Waals surface area contributed by atoms with E-state index in [1.807, 2.05) is 6.92 Å². The highest BCUT2D eigenvalue weighted by Gasteiger charge is 2.34. The number of nitrogens with zero attached hydrogens (tertiary/aromatic N) is 1. The van der Waals surface area contributed by atoms with Gasteiger partial charge in [-0.15, -0.1) is 0 Å². The molecular formula is C21H18N2O3. The average molecular weight is 346 g/mol. The first-order valence-electron chi connectivity index (χ1n) is 9.02. The lowest BCUT2D eigenvalue weighted by atomic mass is 9.89. The monoisotopic (exact) mass is 346 g/mol. The number of aromatic hydroxyl groups is 1. The van der Waals surface area contributed by atoms with Crippen molar-refractivity contribution in [2.24, 2.45) is 0 Å². The van der Waals surface area contributed by atoms with Crippen LogP contribution in [0.3, 0.4) is 0 Å². The molecule has 26 heavy (non-hydrogen) atoms. The van der Waals surface area contributed by atoms with Gasteiger partial charge in [0.1, 0.15) is 5.75 Å². The Kier molecular flexibility index (Phi) is 3.16. The van der Waals surface area contributed by atoms with Gasteiger partial charge in [-0.3, -0.25) is 4.79 Å². The first-order valence-corrected chi connectivity index (χ1v) is 9.02. The lowest BCUT2D eigenvalue weighted by Crippen LogP contribution is -2.17. The zero-order valence-electron chi connectivity index (χ0n) is 14.4. The van der Waals surface area contributed by atoms with E-state index in [1.54, 1.807) is 18.2 Å². The third kappa shape index (κ3) is 1.85. The van der Waals surface area contributed by atoms with E-state index in [2.05, 4.69) is 11.4 Å². The lowest BCUT2D eigenvalue weighted by Gasteiger charge is -2.26. The second-order valence-electron chi connectivity index (χ2n) is 7.22. The maximum atomic E-state index is 12.8. The van der Waals surface area contributed by atoms with E-state index < -0.39 is 0 Å². The molecule has 1 fully saturated rings. The van der Waals surface area contributed by atoms with E-state index in [9.17, 15) is 15.2 Å². The van der Waals surface area contributed by atoms with Crippen LogP contribution in [-0.4, -0.2) is 17.8 Å². The third-order valence-electron chi connectivity index (χ3n) is 5.73. The molecule has 130 valence electrons. The molecule has 1 saturated heterocycles. The molecule has 1 aromatic rings. The fourth-order valence-corrected chi connectivity index (χ4v) is 4.58. The maximum absolute atomic E-state index is 12.8. The van der Waals surface area contributed by atoms with Crippen LogP contribution in [0.1, 0.15) is 37.9 Å². The van der Waals surface area contributed by atoms with Crippen LogP contribution in [0.5, 0.6) is 5.75 Å². The molecule has 0 saturated carbocycles. The lowest BCUT2D eigenvalue weighted by molar-refractivity contribution is 0.0153. The summed E-state index contributed by atoms with van der Waals surface area (Å²) in [5, 5.41) is 25.5. The number of phenols is 1. The van der Waals surface area contributed by atoms with Crippen molar-refractivity contribution in [2.75, 3.05) is 11.9 Å². The Morgan fingerprint density at radius 2 is 2.15 bits per heavy atom. The first-order chi connectivity index (χ1) is 12.6. The Labute approximate surface area is 150 Å². The molecule has 5 rings (SSSR count). The number of hydrogen-bond acceptors (Lipinski definition) is 5. The Hall–Kier alpha value is -2.84. The van der Waals surface area contributed by atoms with Crippen molar-refractivity contribution in [3.8, 4) is 22.9 Å². The molecule has 1 aromatic carbocycles. The Morgan fingerprint density at radius 3 is 2.88 bits per heavy atom. The van der Waals surface area contributed by atoms with E-state index in [4.69, 9.17) is 4.74 Å². The molecule has 5 heteroatoms. The number of hydrogen-bond donors (Lipinski definition) is 2. The molecule has 5 nitrogen and oxygen atoms in total. The molecule has 2 aliphatic carbocycles. The van der Waals surface area contributed by atoms with Gasteiger partial charge in [0.05, 0.1) is 29.5 Å². The van der Waals surface area contributed by atoms with Crippen molar-refractivity contribution >= 4 is 22.0 Å². The largest absolute Gasteiger partial charge is 0.507 e.